The second-order valence-electron chi connectivity index (χ2n) is 6.42. The van der Waals surface area contributed by atoms with Crippen molar-refractivity contribution < 1.29 is 14.3 Å². The summed E-state index contributed by atoms with van der Waals surface area (Å²) >= 11 is 0. The minimum atomic E-state index is -0.574. The summed E-state index contributed by atoms with van der Waals surface area (Å²) in [7, 11) is 3.21. The van der Waals surface area contributed by atoms with Gasteiger partial charge in [-0.25, -0.2) is 0 Å². The van der Waals surface area contributed by atoms with Gasteiger partial charge in [0.05, 0.1) is 24.7 Å². The summed E-state index contributed by atoms with van der Waals surface area (Å²) in [6.45, 7) is 6.07. The number of anilines is 1. The van der Waals surface area contributed by atoms with Crippen LogP contribution in [-0.4, -0.2) is 44.7 Å². The Morgan fingerprint density at radius 3 is 2.50 bits per heavy atom. The second-order valence-corrected chi connectivity index (χ2v) is 6.42. The number of ketones is 1. The summed E-state index contributed by atoms with van der Waals surface area (Å²) in [5.41, 5.74) is 0.0833. The van der Waals surface area contributed by atoms with Gasteiger partial charge in [-0.05, 0) is 25.3 Å². The molecule has 1 aromatic rings. The number of ether oxygens (including phenoxy) is 2. The van der Waals surface area contributed by atoms with Crippen LogP contribution in [0.25, 0.3) is 0 Å². The largest absolute Gasteiger partial charge is 0.481 e. The molecule has 0 aromatic carbocycles. The number of nitrogens with zero attached hydrogens (tertiary/aromatic N) is 2. The van der Waals surface area contributed by atoms with Gasteiger partial charge >= 0.3 is 0 Å². The van der Waals surface area contributed by atoms with E-state index in [0.717, 1.165) is 31.7 Å². The average molecular weight is 306 g/mol. The maximum absolute atomic E-state index is 12.9. The van der Waals surface area contributed by atoms with Crippen LogP contribution in [0.5, 0.6) is 5.88 Å². The Kier molecular flexibility index (Phi) is 5.40. The lowest BCUT2D eigenvalue weighted by molar-refractivity contribution is 0.0632. The molecule has 1 fully saturated rings. The molecule has 0 atom stereocenters. The molecule has 1 aromatic heterocycles. The first-order chi connectivity index (χ1) is 10.5. The SMILES string of the molecule is COCC(C)(C)C(=O)c1ccc(OC)nc1N1CCCCC1. The number of pyridine rings is 1. The summed E-state index contributed by atoms with van der Waals surface area (Å²) in [6.07, 6.45) is 3.50. The second kappa shape index (κ2) is 7.09. The fraction of sp³-hybridized carbons (Fsp3) is 0.647. The van der Waals surface area contributed by atoms with E-state index in [1.165, 1.54) is 6.42 Å². The number of rotatable bonds is 6. The average Bonchev–Trinajstić information content (AvgIpc) is 2.54. The van der Waals surface area contributed by atoms with Gasteiger partial charge in [0.1, 0.15) is 5.82 Å². The zero-order chi connectivity index (χ0) is 16.2. The first-order valence-corrected chi connectivity index (χ1v) is 7.83. The quantitative estimate of drug-likeness (QED) is 0.756. The molecular weight excluding hydrogens is 280 g/mol. The first-order valence-electron chi connectivity index (χ1n) is 7.83. The molecule has 1 aliphatic rings. The van der Waals surface area contributed by atoms with Crippen LogP contribution in [0.4, 0.5) is 5.82 Å². The van der Waals surface area contributed by atoms with Crippen LogP contribution in [0.15, 0.2) is 12.1 Å². The van der Waals surface area contributed by atoms with Gasteiger partial charge in [0.15, 0.2) is 5.78 Å². The van der Waals surface area contributed by atoms with E-state index in [0.29, 0.717) is 18.1 Å². The highest BCUT2D eigenvalue weighted by Gasteiger charge is 2.32. The van der Waals surface area contributed by atoms with Gasteiger partial charge < -0.3 is 14.4 Å². The van der Waals surface area contributed by atoms with E-state index >= 15 is 0 Å². The maximum Gasteiger partial charge on any atom is 0.214 e. The van der Waals surface area contributed by atoms with Crippen LogP contribution < -0.4 is 9.64 Å². The van der Waals surface area contributed by atoms with Crippen molar-refractivity contribution in [1.29, 1.82) is 0 Å². The normalized spacial score (nSPS) is 15.7. The van der Waals surface area contributed by atoms with E-state index in [2.05, 4.69) is 9.88 Å². The Morgan fingerprint density at radius 1 is 1.23 bits per heavy atom. The number of aromatic nitrogens is 1. The van der Waals surface area contributed by atoms with Crippen molar-refractivity contribution in [2.45, 2.75) is 33.1 Å². The predicted molar refractivity (Wildman–Crippen MR) is 86.8 cm³/mol. The zero-order valence-corrected chi connectivity index (χ0v) is 14.0. The molecule has 0 unspecified atom stereocenters. The molecule has 0 aliphatic carbocycles. The fourth-order valence-electron chi connectivity index (χ4n) is 2.86. The third-order valence-electron chi connectivity index (χ3n) is 4.08. The highest BCUT2D eigenvalue weighted by Crippen LogP contribution is 2.30. The molecule has 1 saturated heterocycles. The fourth-order valence-corrected chi connectivity index (χ4v) is 2.86. The lowest BCUT2D eigenvalue weighted by Gasteiger charge is -2.31. The van der Waals surface area contributed by atoms with Crippen molar-refractivity contribution in [3.05, 3.63) is 17.7 Å². The highest BCUT2D eigenvalue weighted by molar-refractivity contribution is 6.04. The Labute approximate surface area is 132 Å². The van der Waals surface area contributed by atoms with E-state index in [1.54, 1.807) is 20.3 Å². The molecule has 122 valence electrons. The minimum absolute atomic E-state index is 0.0603. The van der Waals surface area contributed by atoms with Crippen LogP contribution in [-0.2, 0) is 4.74 Å². The standard InChI is InChI=1S/C17H26N2O3/c1-17(2,12-21-3)15(20)13-8-9-14(22-4)18-16(13)19-10-6-5-7-11-19/h8-9H,5-7,10-12H2,1-4H3. The van der Waals surface area contributed by atoms with Gasteiger partial charge in [-0.3, -0.25) is 4.79 Å². The Morgan fingerprint density at radius 2 is 1.91 bits per heavy atom. The topological polar surface area (TPSA) is 51.7 Å². The molecule has 22 heavy (non-hydrogen) atoms. The van der Waals surface area contributed by atoms with Crippen LogP contribution in [0, 0.1) is 5.41 Å². The van der Waals surface area contributed by atoms with Crippen LogP contribution >= 0.6 is 0 Å². The van der Waals surface area contributed by atoms with Gasteiger partial charge in [-0.2, -0.15) is 4.98 Å². The van der Waals surface area contributed by atoms with E-state index < -0.39 is 5.41 Å². The summed E-state index contributed by atoms with van der Waals surface area (Å²) in [5, 5.41) is 0. The van der Waals surface area contributed by atoms with Crippen molar-refractivity contribution in [2.24, 2.45) is 5.41 Å². The van der Waals surface area contributed by atoms with Crippen molar-refractivity contribution in [3.63, 3.8) is 0 Å². The third kappa shape index (κ3) is 3.58. The number of carbonyl (C=O) groups is 1. The molecule has 0 radical (unpaired) electrons. The van der Waals surface area contributed by atoms with Crippen LogP contribution in [0.3, 0.4) is 0 Å². The van der Waals surface area contributed by atoms with Crippen LogP contribution in [0.1, 0.15) is 43.5 Å². The zero-order valence-electron chi connectivity index (χ0n) is 14.0. The lowest BCUT2D eigenvalue weighted by Crippen LogP contribution is -2.35. The van der Waals surface area contributed by atoms with E-state index in [9.17, 15) is 4.79 Å². The smallest absolute Gasteiger partial charge is 0.214 e. The molecule has 0 saturated carbocycles. The Bertz CT molecular complexity index is 523. The number of hydrogen-bond acceptors (Lipinski definition) is 5. The van der Waals surface area contributed by atoms with Gasteiger partial charge in [-0.15, -0.1) is 0 Å². The number of methoxy groups -OCH3 is 2. The lowest BCUT2D eigenvalue weighted by atomic mass is 9.85. The van der Waals surface area contributed by atoms with Crippen molar-refractivity contribution >= 4 is 11.6 Å². The Hall–Kier alpha value is -1.62. The van der Waals surface area contributed by atoms with Gasteiger partial charge in [0.2, 0.25) is 5.88 Å². The number of Topliss-reactive ketones (excluding diaryl/α,β-unsaturated/α-hetero) is 1. The number of carbonyl (C=O) groups excluding carboxylic acids is 1. The minimum Gasteiger partial charge on any atom is -0.481 e. The van der Waals surface area contributed by atoms with E-state index in [-0.39, 0.29) is 5.78 Å². The molecular formula is C17H26N2O3. The van der Waals surface area contributed by atoms with Crippen LogP contribution in [0.2, 0.25) is 0 Å². The molecule has 5 heteroatoms. The predicted octanol–water partition coefficient (Wildman–Crippen LogP) is 2.94. The van der Waals surface area contributed by atoms with Gasteiger partial charge in [-0.1, -0.05) is 13.8 Å². The Balaban J connectivity index is 2.39. The summed E-state index contributed by atoms with van der Waals surface area (Å²) < 4.78 is 10.4. The highest BCUT2D eigenvalue weighted by atomic mass is 16.5. The van der Waals surface area contributed by atoms with Gasteiger partial charge in [0.25, 0.3) is 0 Å². The van der Waals surface area contributed by atoms with E-state index in [4.69, 9.17) is 9.47 Å². The number of piperidine rings is 1. The van der Waals surface area contributed by atoms with E-state index in [1.807, 2.05) is 19.9 Å². The molecule has 0 spiro atoms. The molecule has 2 heterocycles. The van der Waals surface area contributed by atoms with Gasteiger partial charge in [0, 0.05) is 26.3 Å². The summed E-state index contributed by atoms with van der Waals surface area (Å²) in [4.78, 5) is 19.7. The maximum atomic E-state index is 12.9. The molecule has 5 nitrogen and oxygen atoms in total. The third-order valence-corrected chi connectivity index (χ3v) is 4.08. The number of hydrogen-bond donors (Lipinski definition) is 0. The molecule has 1 aliphatic heterocycles. The monoisotopic (exact) mass is 306 g/mol. The molecule has 0 amide bonds. The summed E-state index contributed by atoms with van der Waals surface area (Å²) in [6, 6.07) is 3.58. The summed E-state index contributed by atoms with van der Waals surface area (Å²) in [5.74, 6) is 1.35. The molecule has 0 N–H and O–H groups in total. The van der Waals surface area contributed by atoms with Crippen molar-refractivity contribution in [1.82, 2.24) is 4.98 Å². The van der Waals surface area contributed by atoms with Crippen molar-refractivity contribution in [2.75, 3.05) is 38.8 Å². The molecule has 0 bridgehead atoms. The molecule has 2 rings (SSSR count). The first kappa shape index (κ1) is 16.7. The van der Waals surface area contributed by atoms with Crippen molar-refractivity contribution in [3.8, 4) is 5.88 Å².